The van der Waals surface area contributed by atoms with Gasteiger partial charge in [0.05, 0.1) is 6.20 Å². The summed E-state index contributed by atoms with van der Waals surface area (Å²) in [4.78, 5) is 3.08. The Morgan fingerprint density at radius 2 is 2.10 bits per heavy atom. The number of aromatic nitrogens is 2. The zero-order valence-electron chi connectivity index (χ0n) is 5.29. The fraction of sp³-hybridized carbons (Fsp3) is 0. The molecule has 0 bridgehead atoms. The quantitative estimate of drug-likeness (QED) is 0.400. The zero-order valence-corrected chi connectivity index (χ0v) is 7.45. The molecule has 0 aromatic carbocycles. The van der Waals surface area contributed by atoms with Gasteiger partial charge < -0.3 is 24.0 Å². The lowest BCUT2D eigenvalue weighted by atomic mass is 10.5. The molecule has 10 heavy (non-hydrogen) atoms. The molecule has 0 aliphatic heterocycles. The summed E-state index contributed by atoms with van der Waals surface area (Å²) in [6.07, 6.45) is 5.90. The number of nitrogens with zero attached hydrogens (tertiary/aromatic N) is 1. The van der Waals surface area contributed by atoms with Gasteiger partial charge >= 0.3 is 0 Å². The minimum absolute atomic E-state index is 0. The number of H-pyrrole nitrogens is 1. The minimum atomic E-state index is 0. The van der Waals surface area contributed by atoms with Crippen LogP contribution in [0.2, 0.25) is 0 Å². The van der Waals surface area contributed by atoms with E-state index in [2.05, 4.69) is 4.98 Å². The molecule has 0 spiro atoms. The smallest absolute Gasteiger partial charge is 0.283 e. The highest BCUT2D eigenvalue weighted by molar-refractivity contribution is 5.26. The van der Waals surface area contributed by atoms with Gasteiger partial charge in [0.1, 0.15) is 12.4 Å². The van der Waals surface area contributed by atoms with Crippen molar-refractivity contribution < 1.29 is 28.4 Å². The van der Waals surface area contributed by atoms with Crippen LogP contribution in [0.25, 0.3) is 5.65 Å². The molecular weight excluding hydrogens is 239 g/mol. The average Bonchev–Trinajstić information content (AvgIpc) is 2.33. The Morgan fingerprint density at radius 1 is 1.20 bits per heavy atom. The fourth-order valence-corrected chi connectivity index (χ4v) is 0.911. The zero-order chi connectivity index (χ0) is 6.10. The lowest BCUT2D eigenvalue weighted by Gasteiger charge is -1.78. The molecule has 3 heteroatoms. The van der Waals surface area contributed by atoms with Gasteiger partial charge in [-0.1, -0.05) is 6.07 Å². The standard InChI is InChI=1S/C7H6N2.HI/c1-2-5-9-6-4-8-7(9)3-1;/h1-6H;1H. The van der Waals surface area contributed by atoms with E-state index < -0.39 is 0 Å². The summed E-state index contributed by atoms with van der Waals surface area (Å²) in [6, 6.07) is 6.03. The summed E-state index contributed by atoms with van der Waals surface area (Å²) >= 11 is 0. The van der Waals surface area contributed by atoms with Crippen molar-refractivity contribution >= 4 is 5.65 Å². The highest BCUT2D eigenvalue weighted by atomic mass is 127. The second kappa shape index (κ2) is 3.01. The molecular formula is C7H7IN2. The van der Waals surface area contributed by atoms with E-state index in [4.69, 9.17) is 0 Å². The first-order valence-corrected chi connectivity index (χ1v) is 2.90. The first kappa shape index (κ1) is 7.53. The van der Waals surface area contributed by atoms with Crippen LogP contribution in [-0.4, -0.2) is 4.98 Å². The van der Waals surface area contributed by atoms with Crippen molar-refractivity contribution in [2.24, 2.45) is 0 Å². The summed E-state index contributed by atoms with van der Waals surface area (Å²) in [5, 5.41) is 0. The summed E-state index contributed by atoms with van der Waals surface area (Å²) < 4.78 is 2.03. The van der Waals surface area contributed by atoms with Crippen molar-refractivity contribution in [2.45, 2.75) is 0 Å². The molecule has 0 amide bonds. The predicted molar refractivity (Wildman–Crippen MR) is 34.0 cm³/mol. The highest BCUT2D eigenvalue weighted by Gasteiger charge is 1.94. The fourth-order valence-electron chi connectivity index (χ4n) is 0.911. The highest BCUT2D eigenvalue weighted by Crippen LogP contribution is 1.87. The van der Waals surface area contributed by atoms with Crippen LogP contribution in [0.15, 0.2) is 36.8 Å². The topological polar surface area (TPSA) is 19.9 Å². The lowest BCUT2D eigenvalue weighted by Crippen LogP contribution is -3.00. The molecule has 0 atom stereocenters. The van der Waals surface area contributed by atoms with Crippen LogP contribution in [0.5, 0.6) is 0 Å². The molecule has 2 rings (SSSR count). The minimum Gasteiger partial charge on any atom is -1.00 e. The van der Waals surface area contributed by atoms with E-state index in [1.54, 1.807) is 0 Å². The van der Waals surface area contributed by atoms with Crippen LogP contribution < -0.4 is 28.4 Å². The van der Waals surface area contributed by atoms with Gasteiger partial charge in [0.2, 0.25) is 0 Å². The number of pyridine rings is 1. The summed E-state index contributed by atoms with van der Waals surface area (Å²) in [5.74, 6) is 0. The molecule has 0 aliphatic rings. The number of hydrogen-bond acceptors (Lipinski definition) is 0. The number of fused-ring (bicyclic) bond motifs is 1. The number of imidazole rings is 1. The van der Waals surface area contributed by atoms with Crippen molar-refractivity contribution in [2.75, 3.05) is 0 Å². The van der Waals surface area contributed by atoms with Gasteiger partial charge in [0.15, 0.2) is 0 Å². The monoisotopic (exact) mass is 246 g/mol. The Bertz CT molecular complexity index is 286. The number of nitrogens with one attached hydrogen (secondary N) is 1. The van der Waals surface area contributed by atoms with Gasteiger partial charge in [-0.3, -0.25) is 0 Å². The van der Waals surface area contributed by atoms with Crippen molar-refractivity contribution in [1.29, 1.82) is 0 Å². The summed E-state index contributed by atoms with van der Waals surface area (Å²) in [6.45, 7) is 0. The first-order valence-electron chi connectivity index (χ1n) is 2.90. The van der Waals surface area contributed by atoms with Crippen LogP contribution in [0.4, 0.5) is 0 Å². The molecule has 1 N–H and O–H groups in total. The van der Waals surface area contributed by atoms with Gasteiger partial charge in [-0.05, 0) is 6.07 Å². The third-order valence-electron chi connectivity index (χ3n) is 1.36. The van der Waals surface area contributed by atoms with Crippen molar-refractivity contribution in [3.8, 4) is 0 Å². The SMILES string of the molecule is [I-].c1cc[n+]2cc[nH]c2c1. The Hall–Kier alpha value is -0.580. The van der Waals surface area contributed by atoms with E-state index in [-0.39, 0.29) is 24.0 Å². The lowest BCUT2D eigenvalue weighted by molar-refractivity contribution is -0.509. The van der Waals surface area contributed by atoms with E-state index >= 15 is 0 Å². The molecule has 2 aromatic rings. The second-order valence-electron chi connectivity index (χ2n) is 1.95. The maximum absolute atomic E-state index is 3.08. The van der Waals surface area contributed by atoms with Crippen molar-refractivity contribution in [3.63, 3.8) is 0 Å². The van der Waals surface area contributed by atoms with Gasteiger partial charge in [0, 0.05) is 6.07 Å². The molecule has 0 fully saturated rings. The number of hydrogen-bond donors (Lipinski definition) is 1. The third kappa shape index (κ3) is 1.13. The number of aromatic amines is 1. The van der Waals surface area contributed by atoms with Gasteiger partial charge in [-0.25, -0.2) is 9.38 Å². The first-order chi connectivity index (χ1) is 4.47. The molecule has 52 valence electrons. The number of halogens is 1. The maximum atomic E-state index is 3.08. The molecule has 0 aliphatic carbocycles. The van der Waals surface area contributed by atoms with E-state index in [1.807, 2.05) is 41.2 Å². The van der Waals surface area contributed by atoms with Crippen LogP contribution in [-0.2, 0) is 0 Å². The molecule has 2 heterocycles. The maximum Gasteiger partial charge on any atom is 0.283 e. The molecule has 0 saturated carbocycles. The van der Waals surface area contributed by atoms with Crippen LogP contribution in [0.3, 0.4) is 0 Å². The summed E-state index contributed by atoms with van der Waals surface area (Å²) in [5.41, 5.74) is 1.12. The molecule has 0 radical (unpaired) electrons. The van der Waals surface area contributed by atoms with E-state index in [1.165, 1.54) is 0 Å². The molecule has 2 aromatic heterocycles. The predicted octanol–water partition coefficient (Wildman–Crippen LogP) is -2.24. The number of rotatable bonds is 0. The normalized spacial score (nSPS) is 9.20. The van der Waals surface area contributed by atoms with Crippen molar-refractivity contribution in [3.05, 3.63) is 36.8 Å². The summed E-state index contributed by atoms with van der Waals surface area (Å²) in [7, 11) is 0. The van der Waals surface area contributed by atoms with E-state index in [0.29, 0.717) is 0 Å². The molecule has 0 saturated heterocycles. The Balaban J connectivity index is 0.000000500. The Kier molecular flexibility index (Phi) is 2.26. The average molecular weight is 246 g/mol. The third-order valence-corrected chi connectivity index (χ3v) is 1.36. The van der Waals surface area contributed by atoms with Crippen LogP contribution in [0, 0.1) is 0 Å². The van der Waals surface area contributed by atoms with Gasteiger partial charge in [-0.2, -0.15) is 0 Å². The van der Waals surface area contributed by atoms with Crippen molar-refractivity contribution in [1.82, 2.24) is 4.98 Å². The second-order valence-corrected chi connectivity index (χ2v) is 1.95. The van der Waals surface area contributed by atoms with Crippen LogP contribution in [0.1, 0.15) is 0 Å². The van der Waals surface area contributed by atoms with Gasteiger partial charge in [0.25, 0.3) is 5.65 Å². The molecule has 0 unspecified atom stereocenters. The largest absolute Gasteiger partial charge is 1.00 e. The van der Waals surface area contributed by atoms with E-state index in [0.717, 1.165) is 5.65 Å². The van der Waals surface area contributed by atoms with Crippen LogP contribution >= 0.6 is 0 Å². The van der Waals surface area contributed by atoms with Gasteiger partial charge in [-0.15, -0.1) is 0 Å². The Morgan fingerprint density at radius 3 is 2.90 bits per heavy atom. The van der Waals surface area contributed by atoms with E-state index in [9.17, 15) is 0 Å². The Labute approximate surface area is 75.9 Å². The molecule has 2 nitrogen and oxygen atoms in total.